The molecular formula is C9H12N2O4. The summed E-state index contributed by atoms with van der Waals surface area (Å²) >= 11 is 0. The van der Waals surface area contributed by atoms with Crippen molar-refractivity contribution in [2.24, 2.45) is 5.92 Å². The van der Waals surface area contributed by atoms with Crippen LogP contribution in [0.2, 0.25) is 0 Å². The summed E-state index contributed by atoms with van der Waals surface area (Å²) in [5.74, 6) is 0.0311. The van der Waals surface area contributed by atoms with E-state index in [1.165, 1.54) is 16.8 Å². The van der Waals surface area contributed by atoms with Crippen LogP contribution in [0, 0.1) is 5.92 Å². The maximum atomic E-state index is 11.4. The molecule has 3 unspecified atom stereocenters. The Hall–Kier alpha value is -1.40. The average Bonchev–Trinajstić information content (AvgIpc) is 2.45. The van der Waals surface area contributed by atoms with Crippen molar-refractivity contribution in [3.8, 4) is 0 Å². The minimum atomic E-state index is -0.844. The second kappa shape index (κ2) is 3.63. The first kappa shape index (κ1) is 10.1. The van der Waals surface area contributed by atoms with E-state index in [0.29, 0.717) is 6.42 Å². The third-order valence-corrected chi connectivity index (χ3v) is 2.48. The molecule has 1 aliphatic heterocycles. The lowest BCUT2D eigenvalue weighted by molar-refractivity contribution is -0.117. The molecule has 0 aliphatic carbocycles. The number of aliphatic hydroxyl groups is 1. The Balaban J connectivity index is 2.38. The van der Waals surface area contributed by atoms with Crippen LogP contribution in [-0.2, 0) is 4.74 Å². The molecule has 1 fully saturated rings. The van der Waals surface area contributed by atoms with Gasteiger partial charge in [0.25, 0.3) is 5.56 Å². The molecule has 6 heteroatoms. The lowest BCUT2D eigenvalue weighted by Crippen LogP contribution is -2.33. The number of rotatable bonds is 1. The van der Waals surface area contributed by atoms with Crippen molar-refractivity contribution in [2.45, 2.75) is 25.9 Å². The summed E-state index contributed by atoms with van der Waals surface area (Å²) in [5.41, 5.74) is -0.962. The maximum Gasteiger partial charge on any atom is 0.330 e. The first-order valence-electron chi connectivity index (χ1n) is 4.73. The Morgan fingerprint density at radius 1 is 1.60 bits per heavy atom. The molecule has 2 rings (SSSR count). The number of aliphatic hydroxyl groups excluding tert-OH is 1. The highest BCUT2D eigenvalue weighted by Crippen LogP contribution is 2.31. The lowest BCUT2D eigenvalue weighted by Gasteiger charge is -2.16. The molecular weight excluding hydrogens is 200 g/mol. The van der Waals surface area contributed by atoms with E-state index in [0.717, 1.165) is 0 Å². The highest BCUT2D eigenvalue weighted by Gasteiger charge is 2.32. The van der Waals surface area contributed by atoms with Gasteiger partial charge in [-0.05, 0) is 0 Å². The van der Waals surface area contributed by atoms with Gasteiger partial charge in [-0.25, -0.2) is 4.79 Å². The van der Waals surface area contributed by atoms with E-state index >= 15 is 0 Å². The van der Waals surface area contributed by atoms with Crippen LogP contribution in [0.5, 0.6) is 0 Å². The fourth-order valence-electron chi connectivity index (χ4n) is 1.75. The third kappa shape index (κ3) is 1.86. The number of nitrogens with one attached hydrogen (secondary N) is 1. The van der Waals surface area contributed by atoms with Crippen molar-refractivity contribution in [1.82, 2.24) is 9.55 Å². The van der Waals surface area contributed by atoms with Crippen LogP contribution >= 0.6 is 0 Å². The molecule has 2 heterocycles. The Morgan fingerprint density at radius 2 is 2.33 bits per heavy atom. The second-order valence-corrected chi connectivity index (χ2v) is 3.71. The zero-order chi connectivity index (χ0) is 11.0. The third-order valence-electron chi connectivity index (χ3n) is 2.48. The quantitative estimate of drug-likeness (QED) is 0.651. The van der Waals surface area contributed by atoms with E-state index in [9.17, 15) is 14.7 Å². The van der Waals surface area contributed by atoms with E-state index in [1.807, 2.05) is 6.92 Å². The van der Waals surface area contributed by atoms with Crippen molar-refractivity contribution in [3.05, 3.63) is 33.1 Å². The summed E-state index contributed by atoms with van der Waals surface area (Å²) in [6.45, 7) is 1.87. The Labute approximate surface area is 85.1 Å². The molecule has 0 saturated carbocycles. The van der Waals surface area contributed by atoms with Crippen LogP contribution in [0.3, 0.4) is 0 Å². The number of aromatic amines is 1. The second-order valence-electron chi connectivity index (χ2n) is 3.71. The first-order valence-corrected chi connectivity index (χ1v) is 4.73. The van der Waals surface area contributed by atoms with Crippen LogP contribution in [-0.4, -0.2) is 20.9 Å². The Morgan fingerprint density at radius 3 is 2.87 bits per heavy atom. The van der Waals surface area contributed by atoms with Crippen molar-refractivity contribution < 1.29 is 9.84 Å². The highest BCUT2D eigenvalue weighted by molar-refractivity contribution is 4.86. The molecule has 1 aromatic heterocycles. The molecule has 1 aliphatic rings. The number of nitrogens with zero attached hydrogens (tertiary/aromatic N) is 1. The number of hydrogen-bond acceptors (Lipinski definition) is 4. The molecule has 0 radical (unpaired) electrons. The Bertz CT molecular complexity index is 464. The molecule has 2 N–H and O–H groups in total. The van der Waals surface area contributed by atoms with Gasteiger partial charge in [0, 0.05) is 24.6 Å². The van der Waals surface area contributed by atoms with Gasteiger partial charge in [0.15, 0.2) is 6.29 Å². The molecule has 1 aromatic rings. The summed E-state index contributed by atoms with van der Waals surface area (Å²) in [7, 11) is 0. The molecule has 0 spiro atoms. The smallest absolute Gasteiger partial charge is 0.330 e. The van der Waals surface area contributed by atoms with E-state index in [2.05, 4.69) is 4.98 Å². The van der Waals surface area contributed by atoms with Crippen LogP contribution < -0.4 is 11.2 Å². The topological polar surface area (TPSA) is 84.3 Å². The minimum Gasteiger partial charge on any atom is -0.368 e. The summed E-state index contributed by atoms with van der Waals surface area (Å²) in [6, 6.07) is 1.25. The lowest BCUT2D eigenvalue weighted by atomic mass is 10.1. The van der Waals surface area contributed by atoms with Crippen molar-refractivity contribution in [1.29, 1.82) is 0 Å². The molecule has 82 valence electrons. The standard InChI is InChI=1S/C9H12N2O4/c1-5-4-7(13)15-8(5)11-3-2-6(12)10-9(11)14/h2-3,5,7-8,13H,4H2,1H3,(H,10,12,14). The molecule has 1 saturated heterocycles. The van der Waals surface area contributed by atoms with Crippen molar-refractivity contribution in [2.75, 3.05) is 0 Å². The van der Waals surface area contributed by atoms with E-state index in [1.54, 1.807) is 0 Å². The predicted molar refractivity (Wildman–Crippen MR) is 51.2 cm³/mol. The van der Waals surface area contributed by atoms with Crippen molar-refractivity contribution in [3.63, 3.8) is 0 Å². The van der Waals surface area contributed by atoms with Gasteiger partial charge < -0.3 is 9.84 Å². The number of ether oxygens (including phenoxy) is 1. The van der Waals surface area contributed by atoms with Gasteiger partial charge in [0.2, 0.25) is 0 Å². The summed E-state index contributed by atoms with van der Waals surface area (Å²) in [5, 5.41) is 9.27. The summed E-state index contributed by atoms with van der Waals surface area (Å²) < 4.78 is 6.46. The fraction of sp³-hybridized carbons (Fsp3) is 0.556. The normalized spacial score (nSPS) is 30.7. The van der Waals surface area contributed by atoms with Gasteiger partial charge >= 0.3 is 5.69 Å². The fourth-order valence-corrected chi connectivity index (χ4v) is 1.75. The monoisotopic (exact) mass is 212 g/mol. The SMILES string of the molecule is CC1CC(O)OC1n1ccc(=O)[nH]c1=O. The minimum absolute atomic E-state index is 0.0311. The van der Waals surface area contributed by atoms with Crippen LogP contribution in [0.4, 0.5) is 0 Å². The largest absolute Gasteiger partial charge is 0.368 e. The Kier molecular flexibility index (Phi) is 2.45. The number of hydrogen-bond donors (Lipinski definition) is 2. The number of H-pyrrole nitrogens is 1. The first-order chi connectivity index (χ1) is 7.08. The molecule has 3 atom stereocenters. The number of aromatic nitrogens is 2. The van der Waals surface area contributed by atoms with E-state index < -0.39 is 23.8 Å². The zero-order valence-electron chi connectivity index (χ0n) is 8.21. The van der Waals surface area contributed by atoms with E-state index in [4.69, 9.17) is 4.74 Å². The van der Waals surface area contributed by atoms with Crippen LogP contribution in [0.15, 0.2) is 21.9 Å². The molecule has 6 nitrogen and oxygen atoms in total. The molecule has 0 amide bonds. The van der Waals surface area contributed by atoms with Gasteiger partial charge in [-0.1, -0.05) is 6.92 Å². The molecule has 0 aromatic carbocycles. The van der Waals surface area contributed by atoms with Gasteiger partial charge in [0.05, 0.1) is 0 Å². The van der Waals surface area contributed by atoms with Gasteiger partial charge in [0.1, 0.15) is 6.23 Å². The maximum absolute atomic E-state index is 11.4. The van der Waals surface area contributed by atoms with Gasteiger partial charge in [-0.3, -0.25) is 14.3 Å². The molecule has 0 bridgehead atoms. The predicted octanol–water partition coefficient (Wildman–Crippen LogP) is -0.590. The van der Waals surface area contributed by atoms with Crippen LogP contribution in [0.25, 0.3) is 0 Å². The highest BCUT2D eigenvalue weighted by atomic mass is 16.6. The molecule has 15 heavy (non-hydrogen) atoms. The van der Waals surface area contributed by atoms with Crippen LogP contribution in [0.1, 0.15) is 19.6 Å². The summed E-state index contributed by atoms with van der Waals surface area (Å²) in [4.78, 5) is 24.4. The van der Waals surface area contributed by atoms with Gasteiger partial charge in [-0.2, -0.15) is 0 Å². The average molecular weight is 212 g/mol. The zero-order valence-corrected chi connectivity index (χ0v) is 8.21. The van der Waals surface area contributed by atoms with E-state index in [-0.39, 0.29) is 5.92 Å². The van der Waals surface area contributed by atoms with Gasteiger partial charge in [-0.15, -0.1) is 0 Å². The van der Waals surface area contributed by atoms with Crippen molar-refractivity contribution >= 4 is 0 Å². The summed E-state index contributed by atoms with van der Waals surface area (Å²) in [6.07, 6.45) is 0.504.